The van der Waals surface area contributed by atoms with Gasteiger partial charge in [-0.2, -0.15) is 0 Å². The maximum Gasteiger partial charge on any atom is 0.269 e. The minimum absolute atomic E-state index is 0.188. The van der Waals surface area contributed by atoms with Crippen molar-refractivity contribution in [3.05, 3.63) is 34.4 Å². The minimum atomic E-state index is -1.80. The van der Waals surface area contributed by atoms with E-state index in [1.807, 2.05) is 26.8 Å². The molecule has 0 spiro atoms. The van der Waals surface area contributed by atoms with Gasteiger partial charge in [0.05, 0.1) is 18.0 Å². The number of aromatic hydroxyl groups is 1. The number of hydrogen-bond donors (Lipinski definition) is 3. The molecule has 0 saturated heterocycles. The number of hydrogen-bond acceptors (Lipinski definition) is 7. The SMILES string of the molecule is CN(C)C(=O)c1scc(NC2=NS(=O)N=C2N[C@@H](c2ccco2)C(C)(C)C)c1O. The summed E-state index contributed by atoms with van der Waals surface area (Å²) in [7, 11) is 3.21. The van der Waals surface area contributed by atoms with E-state index < -0.39 is 11.2 Å². The molecule has 11 heteroatoms. The lowest BCUT2D eigenvalue weighted by molar-refractivity contribution is 0.0829. The highest BCUT2D eigenvalue weighted by Crippen LogP contribution is 2.36. The normalized spacial score (nSPS) is 17.5. The van der Waals surface area contributed by atoms with E-state index in [0.29, 0.717) is 5.76 Å². The first kappa shape index (κ1) is 21.1. The van der Waals surface area contributed by atoms with Crippen molar-refractivity contribution in [3.63, 3.8) is 0 Å². The Labute approximate surface area is 175 Å². The van der Waals surface area contributed by atoms with Crippen molar-refractivity contribution < 1.29 is 18.5 Å². The molecule has 3 rings (SSSR count). The molecule has 3 N–H and O–H groups in total. The summed E-state index contributed by atoms with van der Waals surface area (Å²) in [5.41, 5.74) is 0.0448. The number of amidine groups is 2. The van der Waals surface area contributed by atoms with Crippen molar-refractivity contribution in [2.75, 3.05) is 19.4 Å². The van der Waals surface area contributed by atoms with Crippen LogP contribution in [0.1, 0.15) is 42.2 Å². The van der Waals surface area contributed by atoms with Crippen molar-refractivity contribution in [3.8, 4) is 5.75 Å². The summed E-state index contributed by atoms with van der Waals surface area (Å²) in [5, 5.41) is 18.2. The van der Waals surface area contributed by atoms with Crippen LogP contribution in [0.2, 0.25) is 0 Å². The van der Waals surface area contributed by atoms with Gasteiger partial charge in [-0.15, -0.1) is 20.1 Å². The molecule has 0 saturated carbocycles. The van der Waals surface area contributed by atoms with Gasteiger partial charge >= 0.3 is 0 Å². The van der Waals surface area contributed by atoms with E-state index in [9.17, 15) is 14.1 Å². The van der Waals surface area contributed by atoms with Crippen molar-refractivity contribution in [2.45, 2.75) is 26.8 Å². The second-order valence-corrected chi connectivity index (χ2v) is 9.43. The Bertz CT molecular complexity index is 987. The summed E-state index contributed by atoms with van der Waals surface area (Å²) in [5.74, 6) is 0.697. The highest BCUT2D eigenvalue weighted by Gasteiger charge is 2.33. The topological polar surface area (TPSA) is 120 Å². The number of anilines is 1. The molecular weight excluding hydrogens is 414 g/mol. The lowest BCUT2D eigenvalue weighted by Gasteiger charge is -2.30. The summed E-state index contributed by atoms with van der Waals surface area (Å²) < 4.78 is 25.6. The molecule has 2 aromatic rings. The molecule has 2 atom stereocenters. The van der Waals surface area contributed by atoms with Crippen molar-refractivity contribution in [1.29, 1.82) is 0 Å². The van der Waals surface area contributed by atoms with E-state index in [1.165, 1.54) is 4.90 Å². The summed E-state index contributed by atoms with van der Waals surface area (Å²) in [6.45, 7) is 6.11. The fourth-order valence-electron chi connectivity index (χ4n) is 2.67. The number of rotatable bonds is 4. The van der Waals surface area contributed by atoms with Crippen LogP contribution in [-0.4, -0.2) is 45.9 Å². The molecule has 3 heterocycles. The summed E-state index contributed by atoms with van der Waals surface area (Å²) in [4.78, 5) is 13.7. The number of thiophene rings is 1. The van der Waals surface area contributed by atoms with E-state index in [-0.39, 0.29) is 45.3 Å². The highest BCUT2D eigenvalue weighted by molar-refractivity contribution is 7.83. The zero-order valence-electron chi connectivity index (χ0n) is 16.7. The second-order valence-electron chi connectivity index (χ2n) is 7.72. The summed E-state index contributed by atoms with van der Waals surface area (Å²) in [6, 6.07) is 3.38. The van der Waals surface area contributed by atoms with Crippen molar-refractivity contribution in [1.82, 2.24) is 10.2 Å². The van der Waals surface area contributed by atoms with Crippen molar-refractivity contribution >= 4 is 45.8 Å². The average Bonchev–Trinajstić information content (AvgIpc) is 3.33. The van der Waals surface area contributed by atoms with Gasteiger partial charge in [-0.25, -0.2) is 4.21 Å². The minimum Gasteiger partial charge on any atom is -0.504 e. The third-order valence-corrected chi connectivity index (χ3v) is 5.79. The first-order valence-corrected chi connectivity index (χ1v) is 10.7. The van der Waals surface area contributed by atoms with Crippen LogP contribution in [0.25, 0.3) is 0 Å². The van der Waals surface area contributed by atoms with E-state index >= 15 is 0 Å². The van der Waals surface area contributed by atoms with Crippen LogP contribution in [0.4, 0.5) is 5.69 Å². The van der Waals surface area contributed by atoms with Crippen LogP contribution < -0.4 is 10.6 Å². The number of carbonyl (C=O) groups excluding carboxylic acids is 1. The predicted octanol–water partition coefficient (Wildman–Crippen LogP) is 2.93. The molecule has 1 aliphatic heterocycles. The largest absolute Gasteiger partial charge is 0.504 e. The van der Waals surface area contributed by atoms with Gasteiger partial charge in [0, 0.05) is 19.5 Å². The van der Waals surface area contributed by atoms with Crippen LogP contribution in [0.15, 0.2) is 37.0 Å². The van der Waals surface area contributed by atoms with E-state index in [4.69, 9.17) is 4.42 Å². The van der Waals surface area contributed by atoms with E-state index in [2.05, 4.69) is 19.4 Å². The lowest BCUT2D eigenvalue weighted by Crippen LogP contribution is -2.41. The van der Waals surface area contributed by atoms with Crippen molar-refractivity contribution in [2.24, 2.45) is 14.2 Å². The molecule has 2 aromatic heterocycles. The molecule has 0 fully saturated rings. The van der Waals surface area contributed by atoms with Crippen LogP contribution in [-0.2, 0) is 11.2 Å². The second kappa shape index (κ2) is 7.99. The van der Waals surface area contributed by atoms with Gasteiger partial charge in [0.25, 0.3) is 17.1 Å². The number of nitrogens with one attached hydrogen (secondary N) is 2. The van der Waals surface area contributed by atoms with E-state index in [1.54, 1.807) is 31.8 Å². The maximum atomic E-state index is 12.1. The van der Waals surface area contributed by atoms with Gasteiger partial charge in [-0.05, 0) is 17.5 Å². The number of nitrogens with zero attached hydrogens (tertiary/aromatic N) is 3. The standard InChI is InChI=1S/C18H23N5O4S2/c1-18(2,3)14(11-7-6-8-27-11)20-16-15(21-29(26)22-16)19-10-9-28-13(12(10)24)17(25)23(4)5/h6-9,14,24H,1-5H3,(H,19,21)(H,20,22)/t14-,29?/m0/s1. The van der Waals surface area contributed by atoms with Crippen LogP contribution in [0.5, 0.6) is 5.75 Å². The zero-order chi connectivity index (χ0) is 21.3. The molecule has 0 aromatic carbocycles. The molecule has 1 amide bonds. The monoisotopic (exact) mass is 437 g/mol. The van der Waals surface area contributed by atoms with Gasteiger partial charge < -0.3 is 25.1 Å². The summed E-state index contributed by atoms with van der Waals surface area (Å²) in [6.07, 6.45) is 1.59. The van der Waals surface area contributed by atoms with Crippen LogP contribution in [0, 0.1) is 5.41 Å². The molecular formula is C18H23N5O4S2. The molecule has 0 aliphatic carbocycles. The fraction of sp³-hybridized carbons (Fsp3) is 0.389. The Hall–Kier alpha value is -2.66. The molecule has 0 radical (unpaired) electrons. The fourth-order valence-corrected chi connectivity index (χ4v) is 4.20. The third kappa shape index (κ3) is 4.51. The number of carbonyl (C=O) groups is 1. The molecule has 0 bridgehead atoms. The zero-order valence-corrected chi connectivity index (χ0v) is 18.3. The third-order valence-electron chi connectivity index (χ3n) is 4.16. The average molecular weight is 438 g/mol. The smallest absolute Gasteiger partial charge is 0.269 e. The highest BCUT2D eigenvalue weighted by atomic mass is 32.2. The molecule has 156 valence electrons. The van der Waals surface area contributed by atoms with Gasteiger partial charge in [-0.3, -0.25) is 4.79 Å². The predicted molar refractivity (Wildman–Crippen MR) is 115 cm³/mol. The van der Waals surface area contributed by atoms with Gasteiger partial charge in [0.1, 0.15) is 10.6 Å². The quantitative estimate of drug-likeness (QED) is 0.677. The van der Waals surface area contributed by atoms with Gasteiger partial charge in [-0.1, -0.05) is 20.8 Å². The first-order chi connectivity index (χ1) is 13.6. The van der Waals surface area contributed by atoms with E-state index in [0.717, 1.165) is 11.3 Å². The Kier molecular flexibility index (Phi) is 5.80. The Balaban J connectivity index is 1.84. The first-order valence-electron chi connectivity index (χ1n) is 8.76. The molecule has 9 nitrogen and oxygen atoms in total. The van der Waals surface area contributed by atoms with Crippen LogP contribution in [0.3, 0.4) is 0 Å². The molecule has 1 aliphatic rings. The number of amides is 1. The van der Waals surface area contributed by atoms with Crippen LogP contribution >= 0.6 is 11.3 Å². The molecule has 29 heavy (non-hydrogen) atoms. The maximum absolute atomic E-state index is 12.1. The molecule has 1 unspecified atom stereocenters. The number of furan rings is 1. The summed E-state index contributed by atoms with van der Waals surface area (Å²) >= 11 is -0.691. The van der Waals surface area contributed by atoms with Gasteiger partial charge in [0.15, 0.2) is 17.4 Å². The van der Waals surface area contributed by atoms with Gasteiger partial charge in [0.2, 0.25) is 0 Å². The lowest BCUT2D eigenvalue weighted by atomic mass is 9.85. The Morgan fingerprint density at radius 1 is 1.31 bits per heavy atom. The Morgan fingerprint density at radius 2 is 2.00 bits per heavy atom. The Morgan fingerprint density at radius 3 is 2.59 bits per heavy atom.